The number of methoxy groups -OCH3 is 2. The fourth-order valence-electron chi connectivity index (χ4n) is 8.20. The molecule has 3 N–H and O–H groups in total. The van der Waals surface area contributed by atoms with Crippen molar-refractivity contribution >= 4 is 62.9 Å². The number of amides is 2. The number of carbonyl (C=O) groups excluding carboxylic acids is 2. The topological polar surface area (TPSA) is 117 Å². The third-order valence-corrected chi connectivity index (χ3v) is 12.2. The summed E-state index contributed by atoms with van der Waals surface area (Å²) in [5.74, 6) is 3.78. The van der Waals surface area contributed by atoms with E-state index in [0.29, 0.717) is 19.4 Å². The number of carbonyl (C=O) groups is 2. The lowest BCUT2D eigenvalue weighted by Gasteiger charge is -2.25. The molecule has 348 valence electrons. The van der Waals surface area contributed by atoms with Crippen molar-refractivity contribution in [2.75, 3.05) is 112 Å². The van der Waals surface area contributed by atoms with Crippen molar-refractivity contribution in [3.05, 3.63) is 96.1 Å². The van der Waals surface area contributed by atoms with E-state index in [1.807, 2.05) is 54.6 Å². The van der Waals surface area contributed by atoms with Crippen LogP contribution in [0.5, 0.6) is 23.0 Å². The highest BCUT2D eigenvalue weighted by atomic mass is 79.9. The van der Waals surface area contributed by atoms with Crippen molar-refractivity contribution in [2.24, 2.45) is 0 Å². The van der Waals surface area contributed by atoms with Gasteiger partial charge in [0, 0.05) is 80.9 Å². The SMILES string of the molecule is COc1ccccc1N1CCCN(CCCCOc2ccc3c(c2)NC(=O)CC3)CC1.COc1ccccc1N1CCCNCC1.Cl.O=C1CCc2ccc(OCCCCBr)cc2N1. The van der Waals surface area contributed by atoms with Gasteiger partial charge in [-0.25, -0.2) is 0 Å². The van der Waals surface area contributed by atoms with Crippen LogP contribution in [0.1, 0.15) is 62.5 Å². The van der Waals surface area contributed by atoms with E-state index in [-0.39, 0.29) is 24.2 Å². The van der Waals surface area contributed by atoms with Gasteiger partial charge in [-0.2, -0.15) is 0 Å². The molecule has 2 fully saturated rings. The second-order valence-corrected chi connectivity index (χ2v) is 16.9. The first-order valence-corrected chi connectivity index (χ1v) is 23.9. The van der Waals surface area contributed by atoms with Crippen LogP contribution >= 0.6 is 28.3 Å². The summed E-state index contributed by atoms with van der Waals surface area (Å²) in [5, 5.41) is 10.2. The first-order valence-electron chi connectivity index (χ1n) is 22.8. The molecule has 4 aromatic rings. The molecule has 0 unspecified atom stereocenters. The van der Waals surface area contributed by atoms with Crippen molar-refractivity contribution in [3.63, 3.8) is 0 Å². The number of aryl methyl sites for hydroxylation is 2. The first-order chi connectivity index (χ1) is 30.9. The molecule has 8 rings (SSSR count). The number of ether oxygens (including phenoxy) is 4. The van der Waals surface area contributed by atoms with Crippen LogP contribution in [0.2, 0.25) is 0 Å². The quantitative estimate of drug-likeness (QED) is 0.0788. The Kier molecular flexibility index (Phi) is 21.7. The molecule has 0 saturated carbocycles. The zero-order valence-corrected chi connectivity index (χ0v) is 40.1. The number of halogens is 2. The summed E-state index contributed by atoms with van der Waals surface area (Å²) in [6, 6.07) is 28.5. The average Bonchev–Trinajstić information content (AvgIpc) is 3.74. The number of alkyl halides is 1. The molecule has 4 aliphatic rings. The Morgan fingerprint density at radius 2 is 1.12 bits per heavy atom. The van der Waals surface area contributed by atoms with Crippen molar-refractivity contribution in [2.45, 2.75) is 64.2 Å². The van der Waals surface area contributed by atoms with Gasteiger partial charge in [0.1, 0.15) is 23.0 Å². The highest BCUT2D eigenvalue weighted by Crippen LogP contribution is 2.31. The monoisotopic (exact) mass is 962 g/mol. The van der Waals surface area contributed by atoms with Crippen LogP contribution in [0.3, 0.4) is 0 Å². The zero-order chi connectivity index (χ0) is 44.1. The van der Waals surface area contributed by atoms with E-state index < -0.39 is 0 Å². The minimum absolute atomic E-state index is 0. The number of fused-ring (bicyclic) bond motifs is 2. The highest BCUT2D eigenvalue weighted by Gasteiger charge is 2.19. The fourth-order valence-corrected chi connectivity index (χ4v) is 8.60. The van der Waals surface area contributed by atoms with Crippen molar-refractivity contribution in [3.8, 4) is 23.0 Å². The number of rotatable bonds is 15. The first kappa shape index (κ1) is 50.3. The normalized spacial score (nSPS) is 16.0. The number of nitrogens with one attached hydrogen (secondary N) is 3. The number of benzene rings is 4. The summed E-state index contributed by atoms with van der Waals surface area (Å²) < 4.78 is 22.5. The molecule has 0 aromatic heterocycles. The minimum Gasteiger partial charge on any atom is -0.495 e. The number of hydrogen-bond acceptors (Lipinski definition) is 10. The van der Waals surface area contributed by atoms with Crippen LogP contribution in [0.15, 0.2) is 84.9 Å². The minimum atomic E-state index is 0. The lowest BCUT2D eigenvalue weighted by Crippen LogP contribution is -2.31. The maximum Gasteiger partial charge on any atom is 0.224 e. The van der Waals surface area contributed by atoms with Gasteiger partial charge < -0.3 is 49.6 Å². The molecular formula is C50H68BrClN6O6. The summed E-state index contributed by atoms with van der Waals surface area (Å²) in [6.07, 6.45) is 9.44. The van der Waals surface area contributed by atoms with E-state index >= 15 is 0 Å². The Morgan fingerprint density at radius 3 is 1.70 bits per heavy atom. The summed E-state index contributed by atoms with van der Waals surface area (Å²) >= 11 is 3.39. The molecule has 64 heavy (non-hydrogen) atoms. The number of hydrogen-bond donors (Lipinski definition) is 3. The van der Waals surface area contributed by atoms with E-state index in [0.717, 1.165) is 150 Å². The van der Waals surface area contributed by atoms with Gasteiger partial charge in [-0.1, -0.05) is 52.3 Å². The number of para-hydroxylation sites is 4. The smallest absolute Gasteiger partial charge is 0.224 e. The maximum absolute atomic E-state index is 11.6. The van der Waals surface area contributed by atoms with Crippen molar-refractivity contribution in [1.29, 1.82) is 0 Å². The number of nitrogens with zero attached hydrogens (tertiary/aromatic N) is 3. The largest absolute Gasteiger partial charge is 0.495 e. The van der Waals surface area contributed by atoms with Crippen LogP contribution in [0.4, 0.5) is 22.7 Å². The molecule has 0 radical (unpaired) electrons. The maximum atomic E-state index is 11.6. The second-order valence-electron chi connectivity index (χ2n) is 16.2. The van der Waals surface area contributed by atoms with Gasteiger partial charge in [-0.3, -0.25) is 9.59 Å². The van der Waals surface area contributed by atoms with Crippen molar-refractivity contribution in [1.82, 2.24) is 10.2 Å². The van der Waals surface area contributed by atoms with E-state index in [1.54, 1.807) is 14.2 Å². The molecule has 4 aromatic carbocycles. The van der Waals surface area contributed by atoms with Gasteiger partial charge in [0.25, 0.3) is 0 Å². The zero-order valence-electron chi connectivity index (χ0n) is 37.7. The molecular weight excluding hydrogens is 896 g/mol. The van der Waals surface area contributed by atoms with Gasteiger partial charge in [-0.05, 0) is 119 Å². The fraction of sp³-hybridized carbons (Fsp3) is 0.480. The predicted molar refractivity (Wildman–Crippen MR) is 266 cm³/mol. The molecule has 0 spiro atoms. The van der Waals surface area contributed by atoms with Crippen LogP contribution < -0.4 is 44.7 Å². The summed E-state index contributed by atoms with van der Waals surface area (Å²) in [6.45, 7) is 11.2. The molecule has 14 heteroatoms. The lowest BCUT2D eigenvalue weighted by molar-refractivity contribution is -0.117. The molecule has 12 nitrogen and oxygen atoms in total. The molecule has 2 saturated heterocycles. The van der Waals surface area contributed by atoms with Gasteiger partial charge in [-0.15, -0.1) is 12.4 Å². The Balaban J connectivity index is 0.000000197. The summed E-state index contributed by atoms with van der Waals surface area (Å²) in [4.78, 5) is 30.2. The number of unbranched alkanes of at least 4 members (excludes halogenated alkanes) is 2. The Labute approximate surface area is 395 Å². The third-order valence-electron chi connectivity index (χ3n) is 11.7. The molecule has 0 bridgehead atoms. The molecule has 4 heterocycles. The predicted octanol–water partition coefficient (Wildman–Crippen LogP) is 8.99. The Bertz CT molecular complexity index is 2030. The Morgan fingerprint density at radius 1 is 0.578 bits per heavy atom. The average molecular weight is 964 g/mol. The van der Waals surface area contributed by atoms with Gasteiger partial charge in [0.15, 0.2) is 0 Å². The van der Waals surface area contributed by atoms with E-state index in [2.05, 4.69) is 76.9 Å². The second kappa shape index (κ2) is 27.6. The van der Waals surface area contributed by atoms with Crippen LogP contribution in [0.25, 0.3) is 0 Å². The van der Waals surface area contributed by atoms with Gasteiger partial charge in [0.2, 0.25) is 11.8 Å². The summed E-state index contributed by atoms with van der Waals surface area (Å²) in [5.41, 5.74) is 6.59. The van der Waals surface area contributed by atoms with Crippen LogP contribution in [-0.4, -0.2) is 108 Å². The van der Waals surface area contributed by atoms with E-state index in [1.165, 1.54) is 28.9 Å². The molecule has 0 aliphatic carbocycles. The highest BCUT2D eigenvalue weighted by molar-refractivity contribution is 9.09. The van der Waals surface area contributed by atoms with Crippen LogP contribution in [-0.2, 0) is 22.4 Å². The standard InChI is InChI=1S/C25H33N3O3.C13H16BrNO2.C12H18N2O.ClH/c1-30-24-8-3-2-7-23(24)28-15-6-14-27(16-17-28)13-4-5-18-31-21-11-9-20-10-12-25(29)26-22(20)19-21;14-7-1-2-8-17-11-5-3-10-4-6-13(16)15-12(10)9-11;1-15-12-6-3-2-5-11(12)14-9-4-7-13-8-10-14;/h2-3,7-9,11,19H,4-6,10,12-18H2,1H3,(H,26,29);3,5,9H,1-2,4,6-8H2,(H,15,16);2-3,5-6,13H,4,7-10H2,1H3;1H. The van der Waals surface area contributed by atoms with E-state index in [9.17, 15) is 9.59 Å². The molecule has 0 atom stereocenters. The van der Waals surface area contributed by atoms with E-state index in [4.69, 9.17) is 18.9 Å². The third kappa shape index (κ3) is 15.8. The van der Waals surface area contributed by atoms with Crippen molar-refractivity contribution < 1.29 is 28.5 Å². The number of anilines is 4. The molecule has 2 amide bonds. The Hall–Kier alpha value is -4.69. The summed E-state index contributed by atoms with van der Waals surface area (Å²) in [7, 11) is 3.47. The van der Waals surface area contributed by atoms with Gasteiger partial charge >= 0.3 is 0 Å². The van der Waals surface area contributed by atoms with Crippen LogP contribution in [0, 0.1) is 0 Å². The molecule has 4 aliphatic heterocycles. The lowest BCUT2D eigenvalue weighted by atomic mass is 10.0. The van der Waals surface area contributed by atoms with Gasteiger partial charge in [0.05, 0.1) is 38.8 Å².